The van der Waals surface area contributed by atoms with Crippen LogP contribution in [0, 0.1) is 0 Å². The summed E-state index contributed by atoms with van der Waals surface area (Å²) in [5.41, 5.74) is -0.116. The van der Waals surface area contributed by atoms with Gasteiger partial charge in [0.05, 0.1) is 21.5 Å². The van der Waals surface area contributed by atoms with E-state index in [0.717, 1.165) is 10.2 Å². The van der Waals surface area contributed by atoms with Crippen molar-refractivity contribution in [3.05, 3.63) is 54.1 Å². The van der Waals surface area contributed by atoms with Gasteiger partial charge in [-0.15, -0.1) is 0 Å². The molecule has 0 N–H and O–H groups in total. The number of carbonyl (C=O) groups is 4. The van der Waals surface area contributed by atoms with Crippen LogP contribution in [-0.2, 0) is 19.1 Å². The number of likely N-dealkylation sites (N-methyl/N-ethyl adjacent to an activating group) is 2. The summed E-state index contributed by atoms with van der Waals surface area (Å²) in [6, 6.07) is 14.2. The second-order valence-corrected chi connectivity index (χ2v) is 9.11. The number of hydrogen-bond donors (Lipinski definition) is 0. The van der Waals surface area contributed by atoms with E-state index >= 15 is 0 Å². The molecule has 3 aromatic rings. The number of fused-ring (bicyclic) bond motifs is 4. The molecule has 1 atom stereocenters. The van der Waals surface area contributed by atoms with Gasteiger partial charge in [-0.05, 0) is 31.2 Å². The Labute approximate surface area is 199 Å². The van der Waals surface area contributed by atoms with Gasteiger partial charge in [-0.3, -0.25) is 24.2 Å². The van der Waals surface area contributed by atoms with Crippen LogP contribution in [0.1, 0.15) is 30.1 Å². The molecule has 1 saturated heterocycles. The standard InChI is InChI=1S/C24H22N4O5S/c1-3-27(23-25-16-9-5-7-11-18(16)34-23)20(30)14-33-22(32)24-13-12-19(29)28(24)17-10-6-4-8-15(17)21(31)26(24)2/h4-11H,3,12-14H2,1-2H3. The van der Waals surface area contributed by atoms with Crippen molar-refractivity contribution >= 4 is 56.1 Å². The molecule has 174 valence electrons. The molecular formula is C24H22N4O5S. The molecule has 2 aromatic carbocycles. The number of nitrogens with zero attached hydrogens (tertiary/aromatic N) is 4. The fourth-order valence-electron chi connectivity index (χ4n) is 4.61. The third-order valence-corrected chi connectivity index (χ3v) is 7.39. The number of benzene rings is 2. The van der Waals surface area contributed by atoms with E-state index in [2.05, 4.69) is 4.98 Å². The maximum Gasteiger partial charge on any atom is 0.354 e. The first kappa shape index (κ1) is 22.0. The zero-order valence-electron chi connectivity index (χ0n) is 18.7. The molecular weight excluding hydrogens is 456 g/mol. The predicted molar refractivity (Wildman–Crippen MR) is 127 cm³/mol. The van der Waals surface area contributed by atoms with Crippen LogP contribution in [0.3, 0.4) is 0 Å². The zero-order chi connectivity index (χ0) is 24.0. The minimum atomic E-state index is -1.62. The van der Waals surface area contributed by atoms with E-state index in [1.807, 2.05) is 31.2 Å². The third-order valence-electron chi connectivity index (χ3n) is 6.33. The van der Waals surface area contributed by atoms with E-state index in [0.29, 0.717) is 22.9 Å². The molecule has 34 heavy (non-hydrogen) atoms. The monoisotopic (exact) mass is 478 g/mol. The van der Waals surface area contributed by atoms with E-state index in [1.165, 1.54) is 33.1 Å². The van der Waals surface area contributed by atoms with Crippen LogP contribution in [0.5, 0.6) is 0 Å². The van der Waals surface area contributed by atoms with E-state index < -0.39 is 24.1 Å². The molecule has 1 fully saturated rings. The molecule has 1 aromatic heterocycles. The summed E-state index contributed by atoms with van der Waals surface area (Å²) in [6.45, 7) is 1.63. The number of thiazole rings is 1. The molecule has 0 saturated carbocycles. The molecule has 2 aliphatic heterocycles. The Morgan fingerprint density at radius 3 is 2.65 bits per heavy atom. The van der Waals surface area contributed by atoms with Crippen LogP contribution < -0.4 is 9.80 Å². The smallest absolute Gasteiger partial charge is 0.354 e. The summed E-state index contributed by atoms with van der Waals surface area (Å²) in [6.07, 6.45) is 0.173. The number of amides is 3. The lowest BCUT2D eigenvalue weighted by atomic mass is 9.97. The van der Waals surface area contributed by atoms with Crippen molar-refractivity contribution in [2.24, 2.45) is 0 Å². The lowest BCUT2D eigenvalue weighted by molar-refractivity contribution is -0.158. The van der Waals surface area contributed by atoms with Gasteiger partial charge in [0.15, 0.2) is 11.7 Å². The van der Waals surface area contributed by atoms with Crippen molar-refractivity contribution < 1.29 is 23.9 Å². The van der Waals surface area contributed by atoms with E-state index in [-0.39, 0.29) is 24.7 Å². The summed E-state index contributed by atoms with van der Waals surface area (Å²) in [5, 5.41) is 0.513. The van der Waals surface area contributed by atoms with Gasteiger partial charge in [-0.1, -0.05) is 35.6 Å². The normalized spacial score (nSPS) is 19.2. The fraction of sp³-hybridized carbons (Fsp3) is 0.292. The molecule has 0 spiro atoms. The average Bonchev–Trinajstić information content (AvgIpc) is 3.43. The number of ether oxygens (including phenoxy) is 1. The highest BCUT2D eigenvalue weighted by Gasteiger charge is 2.60. The zero-order valence-corrected chi connectivity index (χ0v) is 19.5. The van der Waals surface area contributed by atoms with Crippen molar-refractivity contribution in [2.75, 3.05) is 30.0 Å². The molecule has 3 heterocycles. The summed E-state index contributed by atoms with van der Waals surface area (Å²) in [7, 11) is 1.48. The van der Waals surface area contributed by atoms with Crippen LogP contribution in [0.15, 0.2) is 48.5 Å². The molecule has 1 unspecified atom stereocenters. The Kier molecular flexibility index (Phi) is 5.32. The SMILES string of the molecule is CCN(C(=O)COC(=O)C12CCC(=O)N1c1ccccc1C(=O)N2C)c1nc2ccccc2s1. The van der Waals surface area contributed by atoms with E-state index in [1.54, 1.807) is 24.3 Å². The molecule has 0 bridgehead atoms. The lowest BCUT2D eigenvalue weighted by Gasteiger charge is -2.46. The lowest BCUT2D eigenvalue weighted by Crippen LogP contribution is -2.67. The van der Waals surface area contributed by atoms with Gasteiger partial charge in [0, 0.05) is 26.4 Å². The number of para-hydroxylation sites is 2. The highest BCUT2D eigenvalue weighted by molar-refractivity contribution is 7.22. The Balaban J connectivity index is 1.39. The van der Waals surface area contributed by atoms with Gasteiger partial charge in [-0.25, -0.2) is 9.78 Å². The minimum absolute atomic E-state index is 0.0851. The van der Waals surface area contributed by atoms with Gasteiger partial charge >= 0.3 is 5.97 Å². The van der Waals surface area contributed by atoms with Crippen molar-refractivity contribution in [1.29, 1.82) is 0 Å². The molecule has 10 heteroatoms. The first-order valence-corrected chi connectivity index (χ1v) is 11.7. The van der Waals surface area contributed by atoms with E-state index in [9.17, 15) is 19.2 Å². The van der Waals surface area contributed by atoms with Crippen LogP contribution in [-0.4, -0.2) is 59.4 Å². The first-order valence-electron chi connectivity index (χ1n) is 10.9. The largest absolute Gasteiger partial charge is 0.452 e. The maximum atomic E-state index is 13.4. The molecule has 9 nitrogen and oxygen atoms in total. The Hall–Kier alpha value is -3.79. The Bertz CT molecular complexity index is 1300. The second kappa shape index (κ2) is 8.21. The molecule has 2 aliphatic rings. The van der Waals surface area contributed by atoms with Crippen molar-refractivity contribution in [2.45, 2.75) is 25.4 Å². The van der Waals surface area contributed by atoms with Crippen molar-refractivity contribution in [3.63, 3.8) is 0 Å². The Morgan fingerprint density at radius 1 is 1.15 bits per heavy atom. The minimum Gasteiger partial charge on any atom is -0.452 e. The number of anilines is 2. The summed E-state index contributed by atoms with van der Waals surface area (Å²) < 4.78 is 6.41. The number of aromatic nitrogens is 1. The number of rotatable bonds is 5. The van der Waals surface area contributed by atoms with Gasteiger partial charge in [0.25, 0.3) is 11.8 Å². The first-order chi connectivity index (χ1) is 16.4. The van der Waals surface area contributed by atoms with E-state index in [4.69, 9.17) is 4.74 Å². The maximum absolute atomic E-state index is 13.4. The molecule has 0 aliphatic carbocycles. The quantitative estimate of drug-likeness (QED) is 0.523. The summed E-state index contributed by atoms with van der Waals surface area (Å²) >= 11 is 1.38. The molecule has 0 radical (unpaired) electrons. The number of esters is 1. The van der Waals surface area contributed by atoms with Gasteiger partial charge < -0.3 is 9.64 Å². The van der Waals surface area contributed by atoms with Gasteiger partial charge in [0.1, 0.15) is 0 Å². The summed E-state index contributed by atoms with van der Waals surface area (Å²) in [4.78, 5) is 60.8. The van der Waals surface area contributed by atoms with Crippen LogP contribution in [0.2, 0.25) is 0 Å². The van der Waals surface area contributed by atoms with Crippen LogP contribution >= 0.6 is 11.3 Å². The highest BCUT2D eigenvalue weighted by Crippen LogP contribution is 2.44. The fourth-order valence-corrected chi connectivity index (χ4v) is 5.65. The van der Waals surface area contributed by atoms with Gasteiger partial charge in [0.2, 0.25) is 11.6 Å². The molecule has 3 amide bonds. The third kappa shape index (κ3) is 3.17. The van der Waals surface area contributed by atoms with Crippen LogP contribution in [0.25, 0.3) is 10.2 Å². The number of carbonyl (C=O) groups excluding carboxylic acids is 4. The van der Waals surface area contributed by atoms with Crippen LogP contribution in [0.4, 0.5) is 10.8 Å². The van der Waals surface area contributed by atoms with Gasteiger partial charge in [-0.2, -0.15) is 0 Å². The predicted octanol–water partition coefficient (Wildman–Crippen LogP) is 2.80. The van der Waals surface area contributed by atoms with Crippen molar-refractivity contribution in [1.82, 2.24) is 9.88 Å². The summed E-state index contributed by atoms with van der Waals surface area (Å²) in [5.74, 6) is -1.90. The van der Waals surface area contributed by atoms with Crippen molar-refractivity contribution in [3.8, 4) is 0 Å². The second-order valence-electron chi connectivity index (χ2n) is 8.11. The Morgan fingerprint density at radius 2 is 1.88 bits per heavy atom. The highest BCUT2D eigenvalue weighted by atomic mass is 32.1. The molecule has 5 rings (SSSR count). The topological polar surface area (TPSA) is 100 Å². The number of hydrogen-bond acceptors (Lipinski definition) is 7. The average molecular weight is 479 g/mol.